The van der Waals surface area contributed by atoms with Gasteiger partial charge in [0.15, 0.2) is 9.84 Å². The first-order valence-corrected chi connectivity index (χ1v) is 10.2. The lowest BCUT2D eigenvalue weighted by Crippen LogP contribution is -2.45. The highest BCUT2D eigenvalue weighted by molar-refractivity contribution is 7.93. The van der Waals surface area contributed by atoms with Gasteiger partial charge in [0, 0.05) is 22.9 Å². The maximum atomic E-state index is 14.8. The molecule has 0 aliphatic carbocycles. The van der Waals surface area contributed by atoms with Gasteiger partial charge in [0.2, 0.25) is 5.91 Å². The monoisotopic (exact) mass is 413 g/mol. The summed E-state index contributed by atoms with van der Waals surface area (Å²) in [5.74, 6) is -1.19. The van der Waals surface area contributed by atoms with E-state index in [1.807, 2.05) is 0 Å². The third-order valence-corrected chi connectivity index (χ3v) is 7.30. The molecule has 0 fully saturated rings. The summed E-state index contributed by atoms with van der Waals surface area (Å²) < 4.78 is 39.2. The van der Waals surface area contributed by atoms with Gasteiger partial charge in [0.1, 0.15) is 16.4 Å². The van der Waals surface area contributed by atoms with E-state index in [4.69, 9.17) is 11.5 Å². The van der Waals surface area contributed by atoms with Crippen molar-refractivity contribution in [1.29, 1.82) is 0 Å². The predicted molar refractivity (Wildman–Crippen MR) is 110 cm³/mol. The van der Waals surface area contributed by atoms with Crippen molar-refractivity contribution in [1.82, 2.24) is 4.98 Å². The fourth-order valence-corrected chi connectivity index (χ4v) is 4.38. The third kappa shape index (κ3) is 3.58. The second kappa shape index (κ2) is 7.29. The number of primary amides is 1. The van der Waals surface area contributed by atoms with Gasteiger partial charge in [-0.1, -0.05) is 30.3 Å². The second-order valence-corrected chi connectivity index (χ2v) is 9.51. The van der Waals surface area contributed by atoms with Crippen LogP contribution in [0.2, 0.25) is 0 Å². The summed E-state index contributed by atoms with van der Waals surface area (Å²) in [5, 5.41) is 0. The van der Waals surface area contributed by atoms with E-state index in [-0.39, 0.29) is 10.5 Å². The Balaban J connectivity index is 2.13. The van der Waals surface area contributed by atoms with Crippen molar-refractivity contribution >= 4 is 21.6 Å². The van der Waals surface area contributed by atoms with Crippen LogP contribution in [0.4, 0.5) is 10.2 Å². The number of pyridine rings is 1. The van der Waals surface area contributed by atoms with Gasteiger partial charge in [-0.05, 0) is 43.7 Å². The Morgan fingerprint density at radius 1 is 1.00 bits per heavy atom. The lowest BCUT2D eigenvalue weighted by molar-refractivity contribution is -0.119. The van der Waals surface area contributed by atoms with Crippen LogP contribution in [0.3, 0.4) is 0 Å². The Kier molecular flexibility index (Phi) is 5.15. The van der Waals surface area contributed by atoms with E-state index in [1.54, 1.807) is 36.4 Å². The lowest BCUT2D eigenvalue weighted by Gasteiger charge is -2.23. The quantitative estimate of drug-likeness (QED) is 0.666. The van der Waals surface area contributed by atoms with Crippen molar-refractivity contribution in [2.45, 2.75) is 23.5 Å². The first kappa shape index (κ1) is 20.5. The van der Waals surface area contributed by atoms with E-state index in [9.17, 15) is 17.6 Å². The summed E-state index contributed by atoms with van der Waals surface area (Å²) in [6, 6.07) is 13.7. The summed E-state index contributed by atoms with van der Waals surface area (Å²) in [5.41, 5.74) is 12.4. The normalized spacial score (nSPS) is 12.0. The number of nitrogen functional groups attached to an aromatic ring is 1. The first-order chi connectivity index (χ1) is 13.6. The van der Waals surface area contributed by atoms with Crippen LogP contribution in [0.5, 0.6) is 0 Å². The van der Waals surface area contributed by atoms with Gasteiger partial charge in [-0.2, -0.15) is 0 Å². The molecule has 3 rings (SSSR count). The van der Waals surface area contributed by atoms with Crippen LogP contribution in [0, 0.1) is 5.82 Å². The Labute approximate surface area is 168 Å². The van der Waals surface area contributed by atoms with E-state index >= 15 is 0 Å². The molecular weight excluding hydrogens is 393 g/mol. The summed E-state index contributed by atoms with van der Waals surface area (Å²) in [6.45, 7) is 2.50. The van der Waals surface area contributed by atoms with Crippen LogP contribution in [0.1, 0.15) is 13.8 Å². The van der Waals surface area contributed by atoms with Gasteiger partial charge in [0.05, 0.1) is 4.90 Å². The molecule has 0 atom stereocenters. The summed E-state index contributed by atoms with van der Waals surface area (Å²) in [6.07, 6.45) is 1.46. The Hall–Kier alpha value is -3.26. The van der Waals surface area contributed by atoms with E-state index in [2.05, 4.69) is 4.98 Å². The third-order valence-electron chi connectivity index (χ3n) is 4.82. The van der Waals surface area contributed by atoms with E-state index in [0.29, 0.717) is 22.5 Å². The minimum atomic E-state index is -4.12. The van der Waals surface area contributed by atoms with Crippen LogP contribution >= 0.6 is 0 Å². The summed E-state index contributed by atoms with van der Waals surface area (Å²) in [7, 11) is -4.12. The van der Waals surface area contributed by atoms with Gasteiger partial charge in [-0.25, -0.2) is 17.8 Å². The van der Waals surface area contributed by atoms with Crippen molar-refractivity contribution in [3.63, 3.8) is 0 Å². The summed E-state index contributed by atoms with van der Waals surface area (Å²) >= 11 is 0. The number of carbonyl (C=O) groups excluding carboxylic acids is 1. The molecule has 0 bridgehead atoms. The van der Waals surface area contributed by atoms with Crippen LogP contribution in [0.25, 0.3) is 22.3 Å². The number of amides is 1. The Morgan fingerprint density at radius 2 is 1.66 bits per heavy atom. The van der Waals surface area contributed by atoms with Gasteiger partial charge >= 0.3 is 0 Å². The Morgan fingerprint density at radius 3 is 2.24 bits per heavy atom. The van der Waals surface area contributed by atoms with Gasteiger partial charge in [-0.3, -0.25) is 4.79 Å². The number of hydrogen-bond donors (Lipinski definition) is 2. The van der Waals surface area contributed by atoms with Crippen molar-refractivity contribution in [3.05, 3.63) is 66.6 Å². The van der Waals surface area contributed by atoms with E-state index in [0.717, 1.165) is 0 Å². The molecule has 3 aromatic rings. The molecule has 1 heterocycles. The number of nitrogens with zero attached hydrogens (tertiary/aromatic N) is 1. The molecule has 150 valence electrons. The molecule has 29 heavy (non-hydrogen) atoms. The highest BCUT2D eigenvalue weighted by atomic mass is 32.2. The molecule has 1 amide bonds. The molecule has 0 saturated carbocycles. The van der Waals surface area contributed by atoms with Crippen LogP contribution < -0.4 is 11.5 Å². The smallest absolute Gasteiger partial charge is 0.238 e. The highest BCUT2D eigenvalue weighted by Gasteiger charge is 2.42. The Bertz CT molecular complexity index is 1190. The maximum absolute atomic E-state index is 14.8. The number of carbonyl (C=O) groups is 1. The second-order valence-electron chi connectivity index (χ2n) is 7.04. The number of rotatable bonds is 5. The average Bonchev–Trinajstić information content (AvgIpc) is 2.68. The molecule has 4 N–H and O–H groups in total. The molecule has 0 aliphatic rings. The average molecular weight is 413 g/mol. The fourth-order valence-electron chi connectivity index (χ4n) is 2.83. The molecule has 0 saturated heterocycles. The molecule has 1 aromatic heterocycles. The molecule has 6 nitrogen and oxygen atoms in total. The van der Waals surface area contributed by atoms with Crippen molar-refractivity contribution in [2.24, 2.45) is 5.73 Å². The number of anilines is 1. The molecule has 0 unspecified atom stereocenters. The number of benzene rings is 2. The minimum Gasteiger partial charge on any atom is -0.384 e. The van der Waals surface area contributed by atoms with Crippen LogP contribution in [-0.4, -0.2) is 24.1 Å². The SMILES string of the molecule is CC(C)(C(N)=O)S(=O)(=O)c1ccccc1-c1ccc(-c2ccc(N)nc2)c(F)c1. The van der Waals surface area contributed by atoms with Crippen LogP contribution in [0.15, 0.2) is 65.7 Å². The summed E-state index contributed by atoms with van der Waals surface area (Å²) in [4.78, 5) is 15.6. The molecule has 0 spiro atoms. The first-order valence-electron chi connectivity index (χ1n) is 8.71. The minimum absolute atomic E-state index is 0.0925. The zero-order valence-electron chi connectivity index (χ0n) is 15.9. The van der Waals surface area contributed by atoms with E-state index in [1.165, 1.54) is 38.2 Å². The highest BCUT2D eigenvalue weighted by Crippen LogP contribution is 2.35. The molecule has 8 heteroatoms. The number of halogens is 1. The van der Waals surface area contributed by atoms with Gasteiger partial charge < -0.3 is 11.5 Å². The number of aromatic nitrogens is 1. The fraction of sp³-hybridized carbons (Fsp3) is 0.143. The predicted octanol–water partition coefficient (Wildman–Crippen LogP) is 3.17. The van der Waals surface area contributed by atoms with Gasteiger partial charge in [-0.15, -0.1) is 0 Å². The molecule has 2 aromatic carbocycles. The zero-order valence-corrected chi connectivity index (χ0v) is 16.7. The number of sulfone groups is 1. The van der Waals surface area contributed by atoms with Crippen molar-refractivity contribution < 1.29 is 17.6 Å². The number of hydrogen-bond acceptors (Lipinski definition) is 5. The van der Waals surface area contributed by atoms with Gasteiger partial charge in [0.25, 0.3) is 0 Å². The van der Waals surface area contributed by atoms with E-state index < -0.39 is 26.3 Å². The van der Waals surface area contributed by atoms with Crippen molar-refractivity contribution in [3.8, 4) is 22.3 Å². The zero-order chi connectivity index (χ0) is 21.4. The molecule has 0 aliphatic heterocycles. The molecule has 0 radical (unpaired) electrons. The maximum Gasteiger partial charge on any atom is 0.238 e. The topological polar surface area (TPSA) is 116 Å². The lowest BCUT2D eigenvalue weighted by atomic mass is 10.0. The largest absolute Gasteiger partial charge is 0.384 e. The standard InChI is InChI=1S/C21H20FN3O3S/c1-21(2,20(24)26)29(27,28)18-6-4-3-5-16(18)13-7-9-15(17(22)11-13)14-8-10-19(23)25-12-14/h3-12H,1-2H3,(H2,23,25)(H2,24,26). The molecular formula is C21H20FN3O3S. The van der Waals surface area contributed by atoms with Crippen molar-refractivity contribution in [2.75, 3.05) is 5.73 Å². The van der Waals surface area contributed by atoms with Crippen LogP contribution in [-0.2, 0) is 14.6 Å². The number of nitrogens with two attached hydrogens (primary N) is 2.